The highest BCUT2D eigenvalue weighted by molar-refractivity contribution is 5.73. The number of ether oxygens (including phenoxy) is 3. The maximum atomic E-state index is 5.72. The van der Waals surface area contributed by atoms with Crippen molar-refractivity contribution in [2.24, 2.45) is 0 Å². The summed E-state index contributed by atoms with van der Waals surface area (Å²) in [5.74, 6) is 3.44. The van der Waals surface area contributed by atoms with E-state index in [9.17, 15) is 0 Å². The van der Waals surface area contributed by atoms with Crippen molar-refractivity contribution in [3.8, 4) is 34.2 Å². The number of benzene rings is 2. The van der Waals surface area contributed by atoms with Gasteiger partial charge in [0.2, 0.25) is 0 Å². The Bertz CT molecular complexity index is 963. The molecule has 3 heterocycles. The predicted molar refractivity (Wildman–Crippen MR) is 98.7 cm³/mol. The number of fused-ring (bicyclic) bond motifs is 2. The van der Waals surface area contributed by atoms with Gasteiger partial charge in [0.1, 0.15) is 24.8 Å². The lowest BCUT2D eigenvalue weighted by molar-refractivity contribution is 0.171. The molecule has 6 heteroatoms. The van der Waals surface area contributed by atoms with Gasteiger partial charge in [-0.1, -0.05) is 0 Å². The normalized spacial score (nSPS) is 14.7. The highest BCUT2D eigenvalue weighted by atomic mass is 16.6. The fraction of sp³-hybridized carbons (Fsp3) is 0.250. The second-order valence-electron chi connectivity index (χ2n) is 6.32. The van der Waals surface area contributed by atoms with Crippen molar-refractivity contribution in [2.45, 2.75) is 6.42 Å². The van der Waals surface area contributed by atoms with Gasteiger partial charge in [-0.2, -0.15) is 5.10 Å². The molecule has 0 amide bonds. The summed E-state index contributed by atoms with van der Waals surface area (Å²) in [7, 11) is 1.67. The second-order valence-corrected chi connectivity index (χ2v) is 6.32. The Morgan fingerprint density at radius 3 is 2.65 bits per heavy atom. The largest absolute Gasteiger partial charge is 0.497 e. The average Bonchev–Trinajstić information content (AvgIpc) is 3.30. The number of aromatic nitrogens is 2. The smallest absolute Gasteiger partial charge is 0.163 e. The number of hydrogen-bond donors (Lipinski definition) is 1. The van der Waals surface area contributed by atoms with Gasteiger partial charge in [0, 0.05) is 23.7 Å². The third-order valence-electron chi connectivity index (χ3n) is 4.78. The highest BCUT2D eigenvalue weighted by Gasteiger charge is 2.24. The molecule has 0 aliphatic carbocycles. The van der Waals surface area contributed by atoms with Crippen molar-refractivity contribution < 1.29 is 14.2 Å². The molecule has 2 aliphatic rings. The van der Waals surface area contributed by atoms with Crippen LogP contribution in [0.5, 0.6) is 17.2 Å². The molecular weight excluding hydrogens is 330 g/mol. The van der Waals surface area contributed by atoms with E-state index in [1.54, 1.807) is 7.11 Å². The molecule has 132 valence electrons. The first-order valence-corrected chi connectivity index (χ1v) is 8.74. The molecule has 0 bridgehead atoms. The molecule has 0 unspecified atom stereocenters. The van der Waals surface area contributed by atoms with Crippen LogP contribution in [0.15, 0.2) is 42.5 Å². The molecule has 0 saturated carbocycles. The first kappa shape index (κ1) is 15.1. The van der Waals surface area contributed by atoms with E-state index in [4.69, 9.17) is 19.3 Å². The fourth-order valence-electron chi connectivity index (χ4n) is 3.51. The molecule has 5 rings (SSSR count). The summed E-state index contributed by atoms with van der Waals surface area (Å²) in [4.78, 5) is 0. The Kier molecular flexibility index (Phi) is 3.48. The summed E-state index contributed by atoms with van der Waals surface area (Å²) in [6.45, 7) is 2.08. The van der Waals surface area contributed by atoms with Crippen LogP contribution in [0.3, 0.4) is 0 Å². The van der Waals surface area contributed by atoms with Crippen LogP contribution in [0.4, 0.5) is 5.82 Å². The topological polar surface area (TPSA) is 57.5 Å². The number of anilines is 1. The van der Waals surface area contributed by atoms with E-state index < -0.39 is 0 Å². The second kappa shape index (κ2) is 5.98. The van der Waals surface area contributed by atoms with Crippen molar-refractivity contribution in [3.05, 3.63) is 48.0 Å². The zero-order chi connectivity index (χ0) is 17.5. The van der Waals surface area contributed by atoms with Crippen molar-refractivity contribution in [3.63, 3.8) is 0 Å². The fourth-order valence-corrected chi connectivity index (χ4v) is 3.51. The summed E-state index contributed by atoms with van der Waals surface area (Å²) >= 11 is 0. The predicted octanol–water partition coefficient (Wildman–Crippen LogP) is 3.29. The van der Waals surface area contributed by atoms with Crippen LogP contribution in [0.1, 0.15) is 5.56 Å². The minimum Gasteiger partial charge on any atom is -0.497 e. The van der Waals surface area contributed by atoms with Crippen LogP contribution in [-0.2, 0) is 6.42 Å². The van der Waals surface area contributed by atoms with E-state index in [0.29, 0.717) is 13.2 Å². The van der Waals surface area contributed by atoms with Gasteiger partial charge < -0.3 is 19.5 Å². The first-order chi connectivity index (χ1) is 12.8. The van der Waals surface area contributed by atoms with Crippen LogP contribution in [0.2, 0.25) is 0 Å². The lowest BCUT2D eigenvalue weighted by atomic mass is 10.1. The molecule has 26 heavy (non-hydrogen) atoms. The van der Waals surface area contributed by atoms with Gasteiger partial charge in [0.05, 0.1) is 18.5 Å². The van der Waals surface area contributed by atoms with E-state index in [-0.39, 0.29) is 0 Å². The zero-order valence-corrected chi connectivity index (χ0v) is 14.5. The van der Waals surface area contributed by atoms with Crippen LogP contribution < -0.4 is 19.5 Å². The third kappa shape index (κ3) is 2.37. The SMILES string of the molecule is COc1ccc(-c2nn(-c3ccc4c(c3)OCCO4)c3c2CCN3)cc1. The number of rotatable bonds is 3. The molecule has 0 radical (unpaired) electrons. The maximum Gasteiger partial charge on any atom is 0.163 e. The Morgan fingerprint density at radius 2 is 1.85 bits per heavy atom. The van der Waals surface area contributed by atoms with E-state index in [2.05, 4.69) is 5.32 Å². The Morgan fingerprint density at radius 1 is 1.04 bits per heavy atom. The Labute approximate surface area is 151 Å². The summed E-state index contributed by atoms with van der Waals surface area (Å²) in [6, 6.07) is 14.0. The molecular formula is C20H19N3O3. The van der Waals surface area contributed by atoms with Gasteiger partial charge in [0.25, 0.3) is 0 Å². The van der Waals surface area contributed by atoms with Crippen LogP contribution in [-0.4, -0.2) is 36.6 Å². The van der Waals surface area contributed by atoms with Crippen LogP contribution in [0, 0.1) is 0 Å². The molecule has 1 aromatic heterocycles. The van der Waals surface area contributed by atoms with Crippen LogP contribution >= 0.6 is 0 Å². The lowest BCUT2D eigenvalue weighted by Crippen LogP contribution is -2.15. The standard InChI is InChI=1S/C20H19N3O3/c1-24-15-5-2-13(3-6-15)19-16-8-9-21-20(16)23(22-19)14-4-7-17-18(12-14)26-11-10-25-17/h2-7,12,21H,8-11H2,1H3. The summed E-state index contributed by atoms with van der Waals surface area (Å²) in [6.07, 6.45) is 0.960. The Balaban J connectivity index is 1.60. The summed E-state index contributed by atoms with van der Waals surface area (Å²) in [5.41, 5.74) is 4.29. The molecule has 0 saturated heterocycles. The average molecular weight is 349 g/mol. The van der Waals surface area contributed by atoms with Crippen LogP contribution in [0.25, 0.3) is 16.9 Å². The quantitative estimate of drug-likeness (QED) is 0.786. The molecule has 0 spiro atoms. The van der Waals surface area contributed by atoms with E-state index in [0.717, 1.165) is 53.0 Å². The highest BCUT2D eigenvalue weighted by Crippen LogP contribution is 2.37. The number of methoxy groups -OCH3 is 1. The summed E-state index contributed by atoms with van der Waals surface area (Å²) < 4.78 is 18.6. The van der Waals surface area contributed by atoms with Gasteiger partial charge in [0.15, 0.2) is 11.5 Å². The zero-order valence-electron chi connectivity index (χ0n) is 14.5. The maximum absolute atomic E-state index is 5.72. The molecule has 2 aromatic carbocycles. The minimum atomic E-state index is 0.572. The van der Waals surface area contributed by atoms with Gasteiger partial charge in [-0.3, -0.25) is 0 Å². The van der Waals surface area contributed by atoms with E-state index in [1.165, 1.54) is 5.56 Å². The third-order valence-corrected chi connectivity index (χ3v) is 4.78. The number of nitrogens with zero attached hydrogens (tertiary/aromatic N) is 2. The molecule has 6 nitrogen and oxygen atoms in total. The molecule has 0 atom stereocenters. The molecule has 3 aromatic rings. The first-order valence-electron chi connectivity index (χ1n) is 8.74. The van der Waals surface area contributed by atoms with E-state index >= 15 is 0 Å². The van der Waals surface area contributed by atoms with Crippen molar-refractivity contribution >= 4 is 5.82 Å². The monoisotopic (exact) mass is 349 g/mol. The van der Waals surface area contributed by atoms with Gasteiger partial charge in [-0.15, -0.1) is 0 Å². The van der Waals surface area contributed by atoms with Crippen molar-refractivity contribution in [1.82, 2.24) is 9.78 Å². The number of hydrogen-bond acceptors (Lipinski definition) is 5. The van der Waals surface area contributed by atoms with Gasteiger partial charge >= 0.3 is 0 Å². The Hall–Kier alpha value is -3.15. The number of nitrogens with one attached hydrogen (secondary N) is 1. The molecule has 2 aliphatic heterocycles. The van der Waals surface area contributed by atoms with Gasteiger partial charge in [-0.25, -0.2) is 4.68 Å². The van der Waals surface area contributed by atoms with E-state index in [1.807, 2.05) is 47.1 Å². The molecule has 1 N–H and O–H groups in total. The minimum absolute atomic E-state index is 0.572. The van der Waals surface area contributed by atoms with Gasteiger partial charge in [-0.05, 0) is 42.8 Å². The summed E-state index contributed by atoms with van der Waals surface area (Å²) in [5, 5.41) is 8.36. The molecule has 0 fully saturated rings. The van der Waals surface area contributed by atoms with Crippen molar-refractivity contribution in [1.29, 1.82) is 0 Å². The van der Waals surface area contributed by atoms with Crippen molar-refractivity contribution in [2.75, 3.05) is 32.2 Å². The lowest BCUT2D eigenvalue weighted by Gasteiger charge is -2.19.